The lowest BCUT2D eigenvalue weighted by molar-refractivity contribution is -0.131. The van der Waals surface area contributed by atoms with Gasteiger partial charge in [-0.15, -0.1) is 23.7 Å². The summed E-state index contributed by atoms with van der Waals surface area (Å²) in [6, 6.07) is 10.3. The molecule has 1 unspecified atom stereocenters. The summed E-state index contributed by atoms with van der Waals surface area (Å²) in [5, 5.41) is 0. The number of methoxy groups -OCH3 is 1. The molecule has 0 aliphatic carbocycles. The van der Waals surface area contributed by atoms with Gasteiger partial charge in [0.2, 0.25) is 5.91 Å². The summed E-state index contributed by atoms with van der Waals surface area (Å²) in [5.41, 5.74) is 6.76. The van der Waals surface area contributed by atoms with Crippen molar-refractivity contribution in [2.45, 2.75) is 12.6 Å². The number of likely N-dealkylation sites (N-methyl/N-ethyl adjacent to an activating group) is 1. The number of amides is 1. The molecule has 0 saturated heterocycles. The highest BCUT2D eigenvalue weighted by Crippen LogP contribution is 2.26. The highest BCUT2D eigenvalue weighted by Gasteiger charge is 2.23. The molecule has 120 valence electrons. The number of hydrogen-bond donors (Lipinski definition) is 1. The molecule has 2 N–H and O–H groups in total. The number of carbonyl (C=O) groups is 1. The molecule has 1 aromatic carbocycles. The Bertz CT molecular complexity index is 634. The Hall–Kier alpha value is -1.27. The first-order valence-electron chi connectivity index (χ1n) is 6.40. The zero-order chi connectivity index (χ0) is 15.4. The smallest absolute Gasteiger partial charge is 0.244 e. The second-order valence-electron chi connectivity index (χ2n) is 4.62. The predicted octanol–water partition coefficient (Wildman–Crippen LogP) is 3.49. The van der Waals surface area contributed by atoms with Gasteiger partial charge in [-0.3, -0.25) is 4.79 Å². The standard InChI is InChI=1S/C15H17ClN2O2S.ClH/c1-18(9-10-7-8-13(16)21-10)15(19)14(17)11-5-3-4-6-12(11)20-2;/h3-8,14H,9,17H2,1-2H3;1H. The maximum atomic E-state index is 12.4. The minimum Gasteiger partial charge on any atom is -0.496 e. The lowest BCUT2D eigenvalue weighted by atomic mass is 10.1. The summed E-state index contributed by atoms with van der Waals surface area (Å²) in [5.74, 6) is 0.454. The van der Waals surface area contributed by atoms with Gasteiger partial charge in [0.05, 0.1) is 18.0 Å². The normalized spacial score (nSPS) is 11.5. The Kier molecular flexibility index (Phi) is 7.16. The van der Waals surface area contributed by atoms with E-state index in [1.165, 1.54) is 11.3 Å². The van der Waals surface area contributed by atoms with Crippen molar-refractivity contribution >= 4 is 41.3 Å². The fraction of sp³-hybridized carbons (Fsp3) is 0.267. The van der Waals surface area contributed by atoms with Crippen LogP contribution in [-0.4, -0.2) is 25.0 Å². The van der Waals surface area contributed by atoms with Gasteiger partial charge in [0, 0.05) is 17.5 Å². The van der Waals surface area contributed by atoms with Crippen molar-refractivity contribution < 1.29 is 9.53 Å². The summed E-state index contributed by atoms with van der Waals surface area (Å²) in [6.07, 6.45) is 0. The van der Waals surface area contributed by atoms with Crippen molar-refractivity contribution in [1.82, 2.24) is 4.90 Å². The van der Waals surface area contributed by atoms with E-state index in [0.29, 0.717) is 22.2 Å². The van der Waals surface area contributed by atoms with Gasteiger partial charge in [-0.2, -0.15) is 0 Å². The van der Waals surface area contributed by atoms with Crippen LogP contribution in [0.4, 0.5) is 0 Å². The van der Waals surface area contributed by atoms with E-state index in [0.717, 1.165) is 4.88 Å². The molecule has 4 nitrogen and oxygen atoms in total. The number of halogens is 2. The third-order valence-electron chi connectivity index (χ3n) is 3.14. The highest BCUT2D eigenvalue weighted by atomic mass is 35.5. The lowest BCUT2D eigenvalue weighted by Crippen LogP contribution is -2.35. The number of nitrogens with zero attached hydrogens (tertiary/aromatic N) is 1. The molecule has 2 rings (SSSR count). The Morgan fingerprint density at radius 2 is 2.05 bits per heavy atom. The van der Waals surface area contributed by atoms with Gasteiger partial charge in [0.25, 0.3) is 0 Å². The molecule has 1 aromatic heterocycles. The molecule has 0 aliphatic heterocycles. The number of nitrogens with two attached hydrogens (primary N) is 1. The van der Waals surface area contributed by atoms with E-state index >= 15 is 0 Å². The fourth-order valence-corrected chi connectivity index (χ4v) is 3.18. The molecule has 0 bridgehead atoms. The van der Waals surface area contributed by atoms with Gasteiger partial charge in [-0.25, -0.2) is 0 Å². The van der Waals surface area contributed by atoms with Gasteiger partial charge >= 0.3 is 0 Å². The minimum atomic E-state index is -0.749. The molecule has 0 spiro atoms. The van der Waals surface area contributed by atoms with E-state index < -0.39 is 6.04 Å². The SMILES string of the molecule is COc1ccccc1C(N)C(=O)N(C)Cc1ccc(Cl)s1.Cl. The Balaban J connectivity index is 0.00000242. The average Bonchev–Trinajstić information content (AvgIpc) is 2.90. The monoisotopic (exact) mass is 360 g/mol. The summed E-state index contributed by atoms with van der Waals surface area (Å²) < 4.78 is 5.96. The van der Waals surface area contributed by atoms with Crippen LogP contribution in [0.2, 0.25) is 4.34 Å². The number of hydrogen-bond acceptors (Lipinski definition) is 4. The number of thiophene rings is 1. The second-order valence-corrected chi connectivity index (χ2v) is 6.42. The second kappa shape index (κ2) is 8.39. The van der Waals surface area contributed by atoms with Crippen LogP contribution in [0.3, 0.4) is 0 Å². The van der Waals surface area contributed by atoms with Crippen LogP contribution < -0.4 is 10.5 Å². The number of para-hydroxylation sites is 1. The van der Waals surface area contributed by atoms with E-state index in [2.05, 4.69) is 0 Å². The third-order valence-corrected chi connectivity index (χ3v) is 4.35. The zero-order valence-electron chi connectivity index (χ0n) is 12.3. The average molecular weight is 361 g/mol. The molecule has 2 aromatic rings. The number of ether oxygens (including phenoxy) is 1. The molecular formula is C15H18Cl2N2O2S. The van der Waals surface area contributed by atoms with Crippen LogP contribution in [0.5, 0.6) is 5.75 Å². The summed E-state index contributed by atoms with van der Waals surface area (Å²) >= 11 is 7.35. The van der Waals surface area contributed by atoms with Crippen molar-refractivity contribution in [3.05, 3.63) is 51.2 Å². The minimum absolute atomic E-state index is 0. The predicted molar refractivity (Wildman–Crippen MR) is 93.0 cm³/mol. The first-order valence-corrected chi connectivity index (χ1v) is 7.60. The van der Waals surface area contributed by atoms with Crippen molar-refractivity contribution in [1.29, 1.82) is 0 Å². The van der Waals surface area contributed by atoms with Crippen molar-refractivity contribution in [2.24, 2.45) is 5.73 Å². The molecule has 1 atom stereocenters. The van der Waals surface area contributed by atoms with Gasteiger partial charge < -0.3 is 15.4 Å². The van der Waals surface area contributed by atoms with Crippen LogP contribution in [0.15, 0.2) is 36.4 Å². The van der Waals surface area contributed by atoms with Crippen molar-refractivity contribution in [3.8, 4) is 5.75 Å². The molecular weight excluding hydrogens is 343 g/mol. The summed E-state index contributed by atoms with van der Waals surface area (Å²) in [4.78, 5) is 15.1. The van der Waals surface area contributed by atoms with E-state index in [1.54, 1.807) is 31.2 Å². The molecule has 1 heterocycles. The largest absolute Gasteiger partial charge is 0.496 e. The molecule has 0 fully saturated rings. The Morgan fingerprint density at radius 3 is 2.64 bits per heavy atom. The highest BCUT2D eigenvalue weighted by molar-refractivity contribution is 7.16. The van der Waals surface area contributed by atoms with Crippen molar-refractivity contribution in [2.75, 3.05) is 14.2 Å². The maximum absolute atomic E-state index is 12.4. The van der Waals surface area contributed by atoms with Crippen LogP contribution in [0.1, 0.15) is 16.5 Å². The number of carbonyl (C=O) groups excluding carboxylic acids is 1. The van der Waals surface area contributed by atoms with Crippen LogP contribution in [-0.2, 0) is 11.3 Å². The summed E-state index contributed by atoms with van der Waals surface area (Å²) in [7, 11) is 3.29. The van der Waals surface area contributed by atoms with E-state index in [1.807, 2.05) is 24.3 Å². The number of benzene rings is 1. The molecule has 0 aliphatic rings. The van der Waals surface area contributed by atoms with Gasteiger partial charge in [0.15, 0.2) is 0 Å². The maximum Gasteiger partial charge on any atom is 0.244 e. The van der Waals surface area contributed by atoms with E-state index in [9.17, 15) is 4.79 Å². The summed E-state index contributed by atoms with van der Waals surface area (Å²) in [6.45, 7) is 0.485. The van der Waals surface area contributed by atoms with Crippen LogP contribution in [0.25, 0.3) is 0 Å². The quantitative estimate of drug-likeness (QED) is 0.887. The van der Waals surface area contributed by atoms with Crippen LogP contribution >= 0.6 is 35.3 Å². The zero-order valence-corrected chi connectivity index (χ0v) is 14.7. The molecule has 0 saturated carbocycles. The van der Waals surface area contributed by atoms with Gasteiger partial charge in [0.1, 0.15) is 11.8 Å². The lowest BCUT2D eigenvalue weighted by Gasteiger charge is -2.22. The Labute approximate surface area is 145 Å². The number of rotatable bonds is 5. The molecule has 0 radical (unpaired) electrons. The van der Waals surface area contributed by atoms with Crippen LogP contribution in [0, 0.1) is 0 Å². The molecule has 22 heavy (non-hydrogen) atoms. The first-order chi connectivity index (χ1) is 10.0. The first kappa shape index (κ1) is 18.8. The Morgan fingerprint density at radius 1 is 1.36 bits per heavy atom. The van der Waals surface area contributed by atoms with Gasteiger partial charge in [-0.1, -0.05) is 29.8 Å². The van der Waals surface area contributed by atoms with Crippen molar-refractivity contribution in [3.63, 3.8) is 0 Å². The van der Waals surface area contributed by atoms with Gasteiger partial charge in [-0.05, 0) is 18.2 Å². The van der Waals surface area contributed by atoms with E-state index in [4.69, 9.17) is 22.1 Å². The molecule has 1 amide bonds. The molecule has 7 heteroatoms. The third kappa shape index (κ3) is 4.36. The fourth-order valence-electron chi connectivity index (χ4n) is 2.04. The topological polar surface area (TPSA) is 55.6 Å². The van der Waals surface area contributed by atoms with E-state index in [-0.39, 0.29) is 18.3 Å².